The van der Waals surface area contributed by atoms with Crippen LogP contribution in [0.1, 0.15) is 0 Å². The van der Waals surface area contributed by atoms with Gasteiger partial charge in [-0.15, -0.1) is 11.3 Å². The summed E-state index contributed by atoms with van der Waals surface area (Å²) in [6.07, 6.45) is 0. The van der Waals surface area contributed by atoms with Crippen molar-refractivity contribution in [2.24, 2.45) is 0 Å². The van der Waals surface area contributed by atoms with Crippen LogP contribution in [0, 0.1) is 11.9 Å². The van der Waals surface area contributed by atoms with Crippen LogP contribution >= 0.6 is 11.3 Å². The first-order valence-corrected chi connectivity index (χ1v) is 5.86. The third-order valence-corrected chi connectivity index (χ3v) is 3.50. The van der Waals surface area contributed by atoms with Crippen LogP contribution in [0.3, 0.4) is 0 Å². The van der Waals surface area contributed by atoms with Gasteiger partial charge >= 0.3 is 0 Å². The molecule has 0 bridgehead atoms. The normalized spacial score (nSPS) is 10.8. The van der Waals surface area contributed by atoms with Gasteiger partial charge in [-0.3, -0.25) is 0 Å². The van der Waals surface area contributed by atoms with Gasteiger partial charge in [0, 0.05) is 10.3 Å². The van der Waals surface area contributed by atoms with E-state index in [1.807, 2.05) is 17.5 Å². The van der Waals surface area contributed by atoms with Crippen molar-refractivity contribution >= 4 is 21.4 Å². The van der Waals surface area contributed by atoms with Gasteiger partial charge in [0.25, 0.3) is 0 Å². The first-order chi connectivity index (χ1) is 7.84. The second kappa shape index (κ2) is 3.72. The van der Waals surface area contributed by atoms with Gasteiger partial charge in [0.15, 0.2) is 0 Å². The second-order valence-electron chi connectivity index (χ2n) is 3.57. The molecular weight excluding hydrogens is 219 g/mol. The van der Waals surface area contributed by atoms with Crippen LogP contribution in [0.2, 0.25) is 0 Å². The van der Waals surface area contributed by atoms with Crippen molar-refractivity contribution in [3.05, 3.63) is 59.7 Å². The lowest BCUT2D eigenvalue weighted by atomic mass is 10.0. The van der Waals surface area contributed by atoms with Crippen LogP contribution in [-0.2, 0) is 0 Å². The highest BCUT2D eigenvalue weighted by Gasteiger charge is 2.05. The lowest BCUT2D eigenvalue weighted by Crippen LogP contribution is -1.80. The predicted octanol–water partition coefficient (Wildman–Crippen LogP) is 4.51. The molecule has 0 fully saturated rings. The first-order valence-electron chi connectivity index (χ1n) is 4.98. The molecule has 1 radical (unpaired) electrons. The molecule has 0 saturated carbocycles. The topological polar surface area (TPSA) is 0 Å². The fraction of sp³-hybridized carbons (Fsp3) is 0. The van der Waals surface area contributed by atoms with Gasteiger partial charge in [-0.2, -0.15) is 0 Å². The molecule has 0 nitrogen and oxygen atoms in total. The number of hydrogen-bond acceptors (Lipinski definition) is 1. The fourth-order valence-electron chi connectivity index (χ4n) is 1.80. The molecule has 1 heterocycles. The predicted molar refractivity (Wildman–Crippen MR) is 66.1 cm³/mol. The molecule has 1 aromatic heterocycles. The van der Waals surface area contributed by atoms with Crippen LogP contribution < -0.4 is 0 Å². The van der Waals surface area contributed by atoms with Gasteiger partial charge in [0.2, 0.25) is 0 Å². The Morgan fingerprint density at radius 3 is 2.94 bits per heavy atom. The number of benzene rings is 2. The summed E-state index contributed by atoms with van der Waals surface area (Å²) >= 11 is 1.67. The molecule has 2 heteroatoms. The number of rotatable bonds is 1. The van der Waals surface area contributed by atoms with Crippen molar-refractivity contribution in [1.29, 1.82) is 0 Å². The maximum Gasteiger partial charge on any atom is 0.123 e. The number of thiophene rings is 1. The smallest absolute Gasteiger partial charge is 0.123 e. The quantitative estimate of drug-likeness (QED) is 0.574. The van der Waals surface area contributed by atoms with Crippen LogP contribution in [0.4, 0.5) is 4.39 Å². The van der Waals surface area contributed by atoms with Crippen molar-refractivity contribution < 1.29 is 4.39 Å². The van der Waals surface area contributed by atoms with Crippen LogP contribution in [0.25, 0.3) is 21.2 Å². The molecule has 0 aliphatic carbocycles. The molecule has 77 valence electrons. The van der Waals surface area contributed by atoms with Crippen molar-refractivity contribution in [2.45, 2.75) is 0 Å². The maximum absolute atomic E-state index is 13.2. The van der Waals surface area contributed by atoms with E-state index in [0.29, 0.717) is 0 Å². The van der Waals surface area contributed by atoms with E-state index in [9.17, 15) is 4.39 Å². The minimum atomic E-state index is -0.220. The summed E-state index contributed by atoms with van der Waals surface area (Å²) in [6.45, 7) is 0. The average molecular weight is 227 g/mol. The Labute approximate surface area is 97.0 Å². The lowest BCUT2D eigenvalue weighted by molar-refractivity contribution is 0.628. The summed E-state index contributed by atoms with van der Waals surface area (Å²) in [6, 6.07) is 15.8. The second-order valence-corrected chi connectivity index (χ2v) is 4.48. The first kappa shape index (κ1) is 9.55. The summed E-state index contributed by atoms with van der Waals surface area (Å²) < 4.78 is 14.3. The molecule has 3 rings (SSSR count). The van der Waals surface area contributed by atoms with Crippen molar-refractivity contribution in [2.75, 3.05) is 0 Å². The van der Waals surface area contributed by atoms with Gasteiger partial charge in [-0.1, -0.05) is 24.3 Å². The van der Waals surface area contributed by atoms with E-state index in [4.69, 9.17) is 0 Å². The van der Waals surface area contributed by atoms with Crippen LogP contribution in [0.15, 0.2) is 47.8 Å². The average Bonchev–Trinajstić information content (AvgIpc) is 2.76. The van der Waals surface area contributed by atoms with Gasteiger partial charge < -0.3 is 0 Å². The van der Waals surface area contributed by atoms with Crippen molar-refractivity contribution in [3.8, 4) is 11.1 Å². The van der Waals surface area contributed by atoms with E-state index in [0.717, 1.165) is 11.1 Å². The van der Waals surface area contributed by atoms with Crippen LogP contribution in [0.5, 0.6) is 0 Å². The van der Waals surface area contributed by atoms with Gasteiger partial charge in [-0.25, -0.2) is 4.39 Å². The monoisotopic (exact) mass is 227 g/mol. The zero-order valence-electron chi connectivity index (χ0n) is 8.41. The third kappa shape index (κ3) is 1.51. The minimum Gasteiger partial charge on any atom is -0.207 e. The van der Waals surface area contributed by atoms with E-state index < -0.39 is 0 Å². The van der Waals surface area contributed by atoms with E-state index in [1.165, 1.54) is 22.2 Å². The zero-order valence-corrected chi connectivity index (χ0v) is 9.22. The molecule has 3 aromatic rings. The SMILES string of the molecule is Fc1cc[c]c(-c2cccc3ccsc23)c1. The third-order valence-electron chi connectivity index (χ3n) is 2.53. The van der Waals surface area contributed by atoms with Crippen LogP contribution in [-0.4, -0.2) is 0 Å². The molecule has 0 amide bonds. The molecule has 0 unspecified atom stereocenters. The van der Waals surface area contributed by atoms with E-state index in [-0.39, 0.29) is 5.82 Å². The Kier molecular flexibility index (Phi) is 2.22. The summed E-state index contributed by atoms with van der Waals surface area (Å²) in [5, 5.41) is 3.24. The molecule has 2 aromatic carbocycles. The Hall–Kier alpha value is -1.67. The standard InChI is InChI=1S/C14H8FS/c15-12-5-1-4-11(9-12)13-6-2-3-10-7-8-16-14(10)13/h1-3,5-9H. The number of halogens is 1. The molecule has 16 heavy (non-hydrogen) atoms. The minimum absolute atomic E-state index is 0.220. The Morgan fingerprint density at radius 1 is 1.12 bits per heavy atom. The van der Waals surface area contributed by atoms with E-state index >= 15 is 0 Å². The highest BCUT2D eigenvalue weighted by atomic mass is 32.1. The van der Waals surface area contributed by atoms with E-state index in [2.05, 4.69) is 18.2 Å². The molecule has 0 saturated heterocycles. The van der Waals surface area contributed by atoms with Crippen molar-refractivity contribution in [1.82, 2.24) is 0 Å². The lowest BCUT2D eigenvalue weighted by Gasteiger charge is -2.02. The summed E-state index contributed by atoms with van der Waals surface area (Å²) in [4.78, 5) is 0. The number of fused-ring (bicyclic) bond motifs is 1. The Morgan fingerprint density at radius 2 is 2.06 bits per heavy atom. The molecule has 0 aliphatic rings. The largest absolute Gasteiger partial charge is 0.207 e. The summed E-state index contributed by atoms with van der Waals surface area (Å²) in [5.41, 5.74) is 1.86. The highest BCUT2D eigenvalue weighted by molar-refractivity contribution is 7.17. The Bertz CT molecular complexity index is 640. The molecule has 0 aliphatic heterocycles. The Balaban J connectivity index is 2.29. The zero-order chi connectivity index (χ0) is 11.0. The molecular formula is C14H8FS. The van der Waals surface area contributed by atoms with Gasteiger partial charge in [0.1, 0.15) is 5.82 Å². The summed E-state index contributed by atoms with van der Waals surface area (Å²) in [7, 11) is 0. The highest BCUT2D eigenvalue weighted by Crippen LogP contribution is 2.32. The number of hydrogen-bond donors (Lipinski definition) is 0. The maximum atomic E-state index is 13.2. The molecule has 0 atom stereocenters. The van der Waals surface area contributed by atoms with Gasteiger partial charge in [0.05, 0.1) is 0 Å². The molecule has 0 spiro atoms. The molecule has 0 N–H and O–H groups in total. The summed E-state index contributed by atoms with van der Waals surface area (Å²) in [5.74, 6) is -0.220. The van der Waals surface area contributed by atoms with Crippen molar-refractivity contribution in [3.63, 3.8) is 0 Å². The van der Waals surface area contributed by atoms with Gasteiger partial charge in [-0.05, 0) is 40.6 Å². The van der Waals surface area contributed by atoms with E-state index in [1.54, 1.807) is 17.4 Å². The fourth-order valence-corrected chi connectivity index (χ4v) is 2.73.